The Morgan fingerprint density at radius 1 is 1.06 bits per heavy atom. The third kappa shape index (κ3) is 3.73. The van der Waals surface area contributed by atoms with Crippen molar-refractivity contribution in [3.05, 3.63) is 63.5 Å². The second-order valence-electron chi connectivity index (χ2n) is 12.0. The average molecular weight is 454 g/mol. The number of benzene rings is 1. The van der Waals surface area contributed by atoms with E-state index in [0.29, 0.717) is 5.92 Å². The van der Waals surface area contributed by atoms with Crippen molar-refractivity contribution in [2.75, 3.05) is 0 Å². The van der Waals surface area contributed by atoms with Crippen LogP contribution in [-0.2, 0) is 22.7 Å². The Morgan fingerprint density at radius 3 is 2.27 bits per heavy atom. The van der Waals surface area contributed by atoms with Crippen LogP contribution < -0.4 is 0 Å². The van der Waals surface area contributed by atoms with Crippen LogP contribution in [-0.4, -0.2) is 4.98 Å². The maximum atomic E-state index is 13.9. The Kier molecular flexibility index (Phi) is 5.28. The maximum absolute atomic E-state index is 13.9. The molecule has 0 N–H and O–H groups in total. The lowest BCUT2D eigenvalue weighted by Crippen LogP contribution is -2.31. The summed E-state index contributed by atoms with van der Waals surface area (Å²) >= 11 is 0. The lowest BCUT2D eigenvalue weighted by Gasteiger charge is -2.39. The Bertz CT molecular complexity index is 1060. The van der Waals surface area contributed by atoms with Crippen molar-refractivity contribution in [2.24, 2.45) is 5.41 Å². The number of halogens is 2. The van der Waals surface area contributed by atoms with E-state index in [1.807, 2.05) is 12.1 Å². The van der Waals surface area contributed by atoms with Gasteiger partial charge in [-0.25, -0.2) is 8.78 Å². The number of pyridine rings is 1. The van der Waals surface area contributed by atoms with Crippen molar-refractivity contribution in [1.82, 2.24) is 4.98 Å². The summed E-state index contributed by atoms with van der Waals surface area (Å²) in [4.78, 5) is 5.32. The standard InChI is InChI=1S/C29H37F2NO/c1-17(2)25-23-24(22-18(3)15-27(4,5)16-21(22)32-25)29(13-7-8-14-29)33-26(23)19-9-11-20(12-10-19)28(6,30)31/h9-12,17-18,26H,7-8,13-16H2,1-6H3/t18-,26+/m0/s1. The first-order valence-electron chi connectivity index (χ1n) is 12.6. The lowest BCUT2D eigenvalue weighted by molar-refractivity contribution is -0.0571. The zero-order valence-electron chi connectivity index (χ0n) is 20.9. The van der Waals surface area contributed by atoms with E-state index >= 15 is 0 Å². The van der Waals surface area contributed by atoms with Gasteiger partial charge in [-0.3, -0.25) is 4.98 Å². The predicted octanol–water partition coefficient (Wildman–Crippen LogP) is 8.28. The predicted molar refractivity (Wildman–Crippen MR) is 128 cm³/mol. The van der Waals surface area contributed by atoms with E-state index in [0.717, 1.165) is 43.9 Å². The van der Waals surface area contributed by atoms with E-state index in [9.17, 15) is 8.78 Å². The minimum Gasteiger partial charge on any atom is -0.358 e. The van der Waals surface area contributed by atoms with Gasteiger partial charge in [0.1, 0.15) is 6.10 Å². The van der Waals surface area contributed by atoms with Gasteiger partial charge in [0.05, 0.1) is 5.60 Å². The van der Waals surface area contributed by atoms with E-state index in [-0.39, 0.29) is 28.6 Å². The first-order chi connectivity index (χ1) is 15.4. The molecule has 5 rings (SSSR count). The molecule has 0 amide bonds. The monoisotopic (exact) mass is 453 g/mol. The molecule has 0 bridgehead atoms. The van der Waals surface area contributed by atoms with Crippen LogP contribution >= 0.6 is 0 Å². The number of hydrogen-bond acceptors (Lipinski definition) is 2. The zero-order chi connectivity index (χ0) is 23.8. The van der Waals surface area contributed by atoms with Crippen LogP contribution in [0.15, 0.2) is 24.3 Å². The highest BCUT2D eigenvalue weighted by Gasteiger charge is 2.52. The molecule has 1 aromatic carbocycles. The van der Waals surface area contributed by atoms with Crippen LogP contribution in [0.4, 0.5) is 8.78 Å². The molecule has 0 radical (unpaired) electrons. The molecule has 0 saturated heterocycles. The minimum absolute atomic E-state index is 0.0450. The van der Waals surface area contributed by atoms with Crippen molar-refractivity contribution < 1.29 is 13.5 Å². The molecular formula is C29H37F2NO. The van der Waals surface area contributed by atoms with Crippen LogP contribution in [0.2, 0.25) is 0 Å². The quantitative estimate of drug-likeness (QED) is 0.466. The molecule has 1 spiro atoms. The van der Waals surface area contributed by atoms with Gasteiger partial charge >= 0.3 is 0 Å². The molecule has 1 aromatic heterocycles. The molecule has 0 unspecified atom stereocenters. The first-order valence-corrected chi connectivity index (χ1v) is 12.6. The highest BCUT2D eigenvalue weighted by molar-refractivity contribution is 5.55. The van der Waals surface area contributed by atoms with Gasteiger partial charge in [-0.1, -0.05) is 71.7 Å². The molecule has 2 atom stereocenters. The van der Waals surface area contributed by atoms with Crippen LogP contribution in [0.1, 0.15) is 131 Å². The molecule has 2 aromatic rings. The van der Waals surface area contributed by atoms with Gasteiger partial charge in [-0.2, -0.15) is 0 Å². The first kappa shape index (κ1) is 23.0. The molecule has 2 aliphatic carbocycles. The molecule has 1 saturated carbocycles. The number of fused-ring (bicyclic) bond motifs is 4. The third-order valence-corrected chi connectivity index (χ3v) is 8.12. The molecule has 1 fully saturated rings. The van der Waals surface area contributed by atoms with Gasteiger partial charge in [0, 0.05) is 29.4 Å². The van der Waals surface area contributed by atoms with Gasteiger partial charge in [0.15, 0.2) is 0 Å². The summed E-state index contributed by atoms with van der Waals surface area (Å²) < 4.78 is 34.8. The Morgan fingerprint density at radius 2 is 1.70 bits per heavy atom. The van der Waals surface area contributed by atoms with Crippen LogP contribution in [0, 0.1) is 5.41 Å². The van der Waals surface area contributed by atoms with E-state index in [1.54, 1.807) is 12.1 Å². The largest absolute Gasteiger partial charge is 0.358 e. The van der Waals surface area contributed by atoms with Crippen molar-refractivity contribution in [1.29, 1.82) is 0 Å². The van der Waals surface area contributed by atoms with Crippen molar-refractivity contribution in [3.8, 4) is 0 Å². The van der Waals surface area contributed by atoms with Crippen LogP contribution in [0.25, 0.3) is 0 Å². The number of alkyl halides is 2. The third-order valence-electron chi connectivity index (χ3n) is 8.12. The molecule has 178 valence electrons. The van der Waals surface area contributed by atoms with Crippen LogP contribution in [0.5, 0.6) is 0 Å². The Labute approximate surface area is 197 Å². The summed E-state index contributed by atoms with van der Waals surface area (Å²) in [5, 5.41) is 0. The summed E-state index contributed by atoms with van der Waals surface area (Å²) in [6, 6.07) is 6.80. The number of hydrogen-bond donors (Lipinski definition) is 0. The summed E-state index contributed by atoms with van der Waals surface area (Å²) in [5.41, 5.74) is 7.44. The van der Waals surface area contributed by atoms with E-state index in [2.05, 4.69) is 34.6 Å². The van der Waals surface area contributed by atoms with Gasteiger partial charge in [0.25, 0.3) is 5.92 Å². The van der Waals surface area contributed by atoms with Crippen LogP contribution in [0.3, 0.4) is 0 Å². The molecule has 2 nitrogen and oxygen atoms in total. The summed E-state index contributed by atoms with van der Waals surface area (Å²) in [5.74, 6) is -2.13. The molecule has 2 heterocycles. The minimum atomic E-state index is -2.84. The normalized spacial score (nSPS) is 25.5. The highest BCUT2D eigenvalue weighted by Crippen LogP contribution is 2.59. The molecular weight excluding hydrogens is 416 g/mol. The molecule has 33 heavy (non-hydrogen) atoms. The fraction of sp³-hybridized carbons (Fsp3) is 0.621. The second-order valence-corrected chi connectivity index (χ2v) is 12.0. The van der Waals surface area contributed by atoms with Crippen molar-refractivity contribution in [2.45, 2.75) is 110 Å². The van der Waals surface area contributed by atoms with Crippen molar-refractivity contribution in [3.63, 3.8) is 0 Å². The molecule has 3 aliphatic rings. The second kappa shape index (κ2) is 7.60. The number of rotatable bonds is 3. The summed E-state index contributed by atoms with van der Waals surface area (Å²) in [6.45, 7) is 12.4. The van der Waals surface area contributed by atoms with E-state index < -0.39 is 5.92 Å². The van der Waals surface area contributed by atoms with E-state index in [4.69, 9.17) is 9.72 Å². The highest BCUT2D eigenvalue weighted by atomic mass is 19.3. The molecule has 4 heteroatoms. The molecule has 1 aliphatic heterocycles. The van der Waals surface area contributed by atoms with Gasteiger partial charge in [0.2, 0.25) is 0 Å². The summed E-state index contributed by atoms with van der Waals surface area (Å²) in [7, 11) is 0. The maximum Gasteiger partial charge on any atom is 0.270 e. The fourth-order valence-electron chi connectivity index (χ4n) is 6.84. The van der Waals surface area contributed by atoms with Gasteiger partial charge in [-0.15, -0.1) is 0 Å². The average Bonchev–Trinajstić information content (AvgIpc) is 3.31. The SMILES string of the molecule is CC(C)c1nc2c(c3c1[C@@H](c1ccc(C(C)(F)F)cc1)OC31CCCC1)[C@@H](C)CC(C)(C)C2. The summed E-state index contributed by atoms with van der Waals surface area (Å²) in [6.07, 6.45) is 6.31. The fourth-order valence-corrected chi connectivity index (χ4v) is 6.84. The smallest absolute Gasteiger partial charge is 0.270 e. The number of nitrogens with zero attached hydrogens (tertiary/aromatic N) is 1. The zero-order valence-corrected chi connectivity index (χ0v) is 20.9. The Hall–Kier alpha value is -1.81. The lowest BCUT2D eigenvalue weighted by atomic mass is 9.67. The Balaban J connectivity index is 1.73. The van der Waals surface area contributed by atoms with Gasteiger partial charge in [-0.05, 0) is 59.6 Å². The number of aromatic nitrogens is 1. The van der Waals surface area contributed by atoms with Gasteiger partial charge < -0.3 is 4.74 Å². The number of ether oxygens (including phenoxy) is 1. The van der Waals surface area contributed by atoms with E-state index in [1.165, 1.54) is 35.2 Å². The van der Waals surface area contributed by atoms with Crippen molar-refractivity contribution >= 4 is 0 Å². The topological polar surface area (TPSA) is 22.1 Å².